The maximum atomic E-state index is 8.70. The molecule has 0 amide bonds. The number of aliphatic hydroxyl groups excluding tert-OH is 1. The van der Waals surface area contributed by atoms with Crippen LogP contribution in [0.2, 0.25) is 0 Å². The minimum Gasteiger partial charge on any atom is -0.395 e. The Morgan fingerprint density at radius 1 is 1.75 bits per heavy atom. The van der Waals surface area contributed by atoms with Crippen molar-refractivity contribution in [1.82, 2.24) is 9.78 Å². The second-order valence-corrected chi connectivity index (χ2v) is 2.81. The van der Waals surface area contributed by atoms with Crippen molar-refractivity contribution in [3.05, 3.63) is 18.0 Å². The molecule has 0 saturated carbocycles. The van der Waals surface area contributed by atoms with Crippen molar-refractivity contribution in [2.45, 2.75) is 25.9 Å². The average Bonchev–Trinajstić information content (AvgIpc) is 2.52. The van der Waals surface area contributed by atoms with Gasteiger partial charge in [0.15, 0.2) is 0 Å². The summed E-state index contributed by atoms with van der Waals surface area (Å²) in [6.45, 7) is 2.91. The standard InChI is InChI=1S/C8H15N3O/c1-2-11-4-3-8(10-11)5-7(9)6-12/h3-4,7,12H,2,5-6,9H2,1H3. The van der Waals surface area contributed by atoms with Gasteiger partial charge in [-0.25, -0.2) is 0 Å². The maximum Gasteiger partial charge on any atom is 0.0640 e. The Morgan fingerprint density at radius 3 is 3.00 bits per heavy atom. The van der Waals surface area contributed by atoms with E-state index < -0.39 is 0 Å². The molecule has 4 nitrogen and oxygen atoms in total. The minimum atomic E-state index is -0.190. The highest BCUT2D eigenvalue weighted by Gasteiger charge is 2.04. The predicted octanol–water partition coefficient (Wildman–Crippen LogP) is -0.235. The quantitative estimate of drug-likeness (QED) is 0.654. The van der Waals surface area contributed by atoms with Crippen LogP contribution in [0.5, 0.6) is 0 Å². The lowest BCUT2D eigenvalue weighted by Crippen LogP contribution is -2.27. The molecule has 4 heteroatoms. The summed E-state index contributed by atoms with van der Waals surface area (Å²) in [7, 11) is 0. The highest BCUT2D eigenvalue weighted by Crippen LogP contribution is 1.98. The van der Waals surface area contributed by atoms with Crippen molar-refractivity contribution in [3.63, 3.8) is 0 Å². The Kier molecular flexibility index (Phi) is 3.25. The molecule has 3 N–H and O–H groups in total. The second kappa shape index (κ2) is 4.23. The van der Waals surface area contributed by atoms with Gasteiger partial charge >= 0.3 is 0 Å². The van der Waals surface area contributed by atoms with Gasteiger partial charge in [-0.2, -0.15) is 5.10 Å². The van der Waals surface area contributed by atoms with Crippen LogP contribution in [-0.4, -0.2) is 27.5 Å². The van der Waals surface area contributed by atoms with E-state index in [0.29, 0.717) is 6.42 Å². The van der Waals surface area contributed by atoms with Gasteiger partial charge in [-0.15, -0.1) is 0 Å². The molecule has 0 aliphatic carbocycles. The molecule has 12 heavy (non-hydrogen) atoms. The van der Waals surface area contributed by atoms with Crippen molar-refractivity contribution in [1.29, 1.82) is 0 Å². The zero-order valence-electron chi connectivity index (χ0n) is 7.27. The largest absolute Gasteiger partial charge is 0.395 e. The van der Waals surface area contributed by atoms with Gasteiger partial charge in [0.1, 0.15) is 0 Å². The molecule has 0 aliphatic rings. The highest BCUT2D eigenvalue weighted by atomic mass is 16.3. The Morgan fingerprint density at radius 2 is 2.50 bits per heavy atom. The fourth-order valence-electron chi connectivity index (χ4n) is 1.02. The van der Waals surface area contributed by atoms with Crippen LogP contribution in [0.3, 0.4) is 0 Å². The first-order chi connectivity index (χ1) is 5.76. The number of aliphatic hydroxyl groups is 1. The van der Waals surface area contributed by atoms with Crippen LogP contribution < -0.4 is 5.73 Å². The third-order valence-electron chi connectivity index (χ3n) is 1.73. The summed E-state index contributed by atoms with van der Waals surface area (Å²) in [5, 5.41) is 12.9. The molecule has 0 aliphatic heterocycles. The van der Waals surface area contributed by atoms with Gasteiger partial charge in [-0.05, 0) is 13.0 Å². The summed E-state index contributed by atoms with van der Waals surface area (Å²) in [6, 6.07) is 1.74. The molecule has 0 bridgehead atoms. The van der Waals surface area contributed by atoms with Gasteiger partial charge in [0, 0.05) is 25.2 Å². The van der Waals surface area contributed by atoms with E-state index in [1.165, 1.54) is 0 Å². The molecule has 68 valence electrons. The zero-order chi connectivity index (χ0) is 8.97. The number of aromatic nitrogens is 2. The third-order valence-corrected chi connectivity index (χ3v) is 1.73. The van der Waals surface area contributed by atoms with Crippen molar-refractivity contribution in [2.24, 2.45) is 5.73 Å². The lowest BCUT2D eigenvalue weighted by atomic mass is 10.2. The number of nitrogens with two attached hydrogens (primary N) is 1. The molecule has 0 spiro atoms. The molecule has 1 aromatic rings. The number of aryl methyl sites for hydroxylation is 1. The predicted molar refractivity (Wildman–Crippen MR) is 46.7 cm³/mol. The first-order valence-electron chi connectivity index (χ1n) is 4.15. The zero-order valence-corrected chi connectivity index (χ0v) is 7.27. The first-order valence-corrected chi connectivity index (χ1v) is 4.15. The molecule has 0 radical (unpaired) electrons. The summed E-state index contributed by atoms with van der Waals surface area (Å²) in [4.78, 5) is 0. The maximum absolute atomic E-state index is 8.70. The molecular formula is C8H15N3O. The number of nitrogens with zero attached hydrogens (tertiary/aromatic N) is 2. The van der Waals surface area contributed by atoms with Crippen LogP contribution in [0.25, 0.3) is 0 Å². The topological polar surface area (TPSA) is 64.1 Å². The van der Waals surface area contributed by atoms with Gasteiger partial charge < -0.3 is 10.8 Å². The van der Waals surface area contributed by atoms with Gasteiger partial charge in [-0.3, -0.25) is 4.68 Å². The van der Waals surface area contributed by atoms with Gasteiger partial charge in [0.2, 0.25) is 0 Å². The molecule has 1 rings (SSSR count). The van der Waals surface area contributed by atoms with Crippen LogP contribution in [0.4, 0.5) is 0 Å². The first kappa shape index (κ1) is 9.22. The van der Waals surface area contributed by atoms with Gasteiger partial charge in [0.05, 0.1) is 12.3 Å². The van der Waals surface area contributed by atoms with Crippen molar-refractivity contribution < 1.29 is 5.11 Å². The molecule has 1 unspecified atom stereocenters. The van der Waals surface area contributed by atoms with E-state index in [1.54, 1.807) is 0 Å². The lowest BCUT2D eigenvalue weighted by Gasteiger charge is -2.03. The van der Waals surface area contributed by atoms with Crippen molar-refractivity contribution in [2.75, 3.05) is 6.61 Å². The Balaban J connectivity index is 2.52. The van der Waals surface area contributed by atoms with Crippen LogP contribution in [-0.2, 0) is 13.0 Å². The summed E-state index contributed by atoms with van der Waals surface area (Å²) in [6.07, 6.45) is 2.56. The normalized spacial score (nSPS) is 13.2. The molecule has 0 saturated heterocycles. The monoisotopic (exact) mass is 169 g/mol. The summed E-state index contributed by atoms with van der Waals surface area (Å²) >= 11 is 0. The number of hydrogen-bond donors (Lipinski definition) is 2. The smallest absolute Gasteiger partial charge is 0.0640 e. The van der Waals surface area contributed by atoms with Crippen LogP contribution in [0.15, 0.2) is 12.3 Å². The fraction of sp³-hybridized carbons (Fsp3) is 0.625. The van der Waals surface area contributed by atoms with E-state index in [9.17, 15) is 0 Å². The highest BCUT2D eigenvalue weighted by molar-refractivity contribution is 5.01. The number of hydrogen-bond acceptors (Lipinski definition) is 3. The molecule has 1 atom stereocenters. The minimum absolute atomic E-state index is 0.0129. The van der Waals surface area contributed by atoms with E-state index in [0.717, 1.165) is 12.2 Å². The van der Waals surface area contributed by atoms with Crippen LogP contribution in [0, 0.1) is 0 Å². The van der Waals surface area contributed by atoms with Crippen LogP contribution >= 0.6 is 0 Å². The average molecular weight is 169 g/mol. The van der Waals surface area contributed by atoms with Crippen molar-refractivity contribution in [3.8, 4) is 0 Å². The van der Waals surface area contributed by atoms with E-state index in [4.69, 9.17) is 10.8 Å². The van der Waals surface area contributed by atoms with E-state index in [2.05, 4.69) is 5.10 Å². The molecular weight excluding hydrogens is 154 g/mol. The summed E-state index contributed by atoms with van der Waals surface area (Å²) in [5.74, 6) is 0. The summed E-state index contributed by atoms with van der Waals surface area (Å²) < 4.78 is 1.85. The molecule has 1 aromatic heterocycles. The second-order valence-electron chi connectivity index (χ2n) is 2.81. The number of rotatable bonds is 4. The van der Waals surface area contributed by atoms with E-state index >= 15 is 0 Å². The Labute approximate surface area is 72.0 Å². The molecule has 0 aromatic carbocycles. The Bertz CT molecular complexity index is 234. The summed E-state index contributed by atoms with van der Waals surface area (Å²) in [5.41, 5.74) is 6.50. The molecule has 1 heterocycles. The van der Waals surface area contributed by atoms with Gasteiger partial charge in [0.25, 0.3) is 0 Å². The Hall–Kier alpha value is -0.870. The fourth-order valence-corrected chi connectivity index (χ4v) is 1.02. The van der Waals surface area contributed by atoms with Crippen molar-refractivity contribution >= 4 is 0 Å². The SMILES string of the molecule is CCn1ccc(CC(N)CO)n1. The van der Waals surface area contributed by atoms with E-state index in [-0.39, 0.29) is 12.6 Å². The van der Waals surface area contributed by atoms with E-state index in [1.807, 2.05) is 23.9 Å². The molecule has 0 fully saturated rings. The third kappa shape index (κ3) is 2.32. The lowest BCUT2D eigenvalue weighted by molar-refractivity contribution is 0.264. The van der Waals surface area contributed by atoms with Crippen LogP contribution in [0.1, 0.15) is 12.6 Å². The van der Waals surface area contributed by atoms with Gasteiger partial charge in [-0.1, -0.05) is 0 Å².